The summed E-state index contributed by atoms with van der Waals surface area (Å²) in [6, 6.07) is 1.60. The molecule has 0 fully saturated rings. The van der Waals surface area contributed by atoms with Crippen LogP contribution in [-0.4, -0.2) is 11.5 Å². The highest BCUT2D eigenvalue weighted by Gasteiger charge is 2.22. The first-order valence-electron chi connectivity index (χ1n) is 4.83. The van der Waals surface area contributed by atoms with E-state index in [1.165, 1.54) is 0 Å². The van der Waals surface area contributed by atoms with Crippen molar-refractivity contribution in [2.45, 2.75) is 19.8 Å². The summed E-state index contributed by atoms with van der Waals surface area (Å²) in [7, 11) is 0. The third kappa shape index (κ3) is 2.65. The predicted molar refractivity (Wildman–Crippen MR) is 53.4 cm³/mol. The normalized spacial score (nSPS) is 10.2. The molecular formula is C10H11F2NO3. The van der Waals surface area contributed by atoms with Gasteiger partial charge in [-0.3, -0.25) is 10.1 Å². The standard InChI is InChI=1S/C10H11F2NO3/c1-2-3-6-16-10-8(13(14)15)5-4-7(11)9(10)12/h4-5H,2-3,6H2,1H3. The molecule has 1 rings (SSSR count). The van der Waals surface area contributed by atoms with Gasteiger partial charge in [0.15, 0.2) is 5.82 Å². The molecule has 0 atom stereocenters. The summed E-state index contributed by atoms with van der Waals surface area (Å²) >= 11 is 0. The molecule has 0 heterocycles. The zero-order valence-electron chi connectivity index (χ0n) is 8.70. The number of rotatable bonds is 5. The maximum atomic E-state index is 13.2. The number of nitrogens with zero attached hydrogens (tertiary/aromatic N) is 1. The number of nitro groups is 1. The summed E-state index contributed by atoms with van der Waals surface area (Å²) in [6.45, 7) is 2.01. The smallest absolute Gasteiger partial charge is 0.314 e. The first-order chi connectivity index (χ1) is 7.57. The first kappa shape index (κ1) is 12.4. The molecule has 0 aliphatic rings. The summed E-state index contributed by atoms with van der Waals surface area (Å²) in [5, 5.41) is 10.6. The minimum absolute atomic E-state index is 0.123. The van der Waals surface area contributed by atoms with E-state index in [4.69, 9.17) is 4.74 Å². The van der Waals surface area contributed by atoms with Crippen molar-refractivity contribution < 1.29 is 18.4 Å². The van der Waals surface area contributed by atoms with Crippen molar-refractivity contribution in [2.24, 2.45) is 0 Å². The Labute approximate surface area is 91.0 Å². The zero-order chi connectivity index (χ0) is 12.1. The molecule has 0 amide bonds. The molecule has 0 saturated carbocycles. The van der Waals surface area contributed by atoms with E-state index in [9.17, 15) is 18.9 Å². The molecule has 0 saturated heterocycles. The van der Waals surface area contributed by atoms with Crippen LogP contribution in [0.25, 0.3) is 0 Å². The SMILES string of the molecule is CCCCOc1c([N+](=O)[O-])ccc(F)c1F. The van der Waals surface area contributed by atoms with Crippen LogP contribution in [0.2, 0.25) is 0 Å². The summed E-state index contributed by atoms with van der Waals surface area (Å²) in [4.78, 5) is 9.75. The quantitative estimate of drug-likeness (QED) is 0.444. The average molecular weight is 231 g/mol. The van der Waals surface area contributed by atoms with Gasteiger partial charge in [-0.25, -0.2) is 4.39 Å². The van der Waals surface area contributed by atoms with Crippen LogP contribution in [0.1, 0.15) is 19.8 Å². The van der Waals surface area contributed by atoms with Crippen LogP contribution >= 0.6 is 0 Å². The van der Waals surface area contributed by atoms with E-state index < -0.39 is 28.0 Å². The lowest BCUT2D eigenvalue weighted by molar-refractivity contribution is -0.386. The maximum absolute atomic E-state index is 13.2. The molecule has 1 aromatic carbocycles. The molecule has 0 aliphatic heterocycles. The minimum Gasteiger partial charge on any atom is -0.485 e. The van der Waals surface area contributed by atoms with Gasteiger partial charge in [-0.1, -0.05) is 13.3 Å². The van der Waals surface area contributed by atoms with Gasteiger partial charge in [-0.15, -0.1) is 0 Å². The summed E-state index contributed by atoms with van der Waals surface area (Å²) in [6.07, 6.45) is 1.41. The van der Waals surface area contributed by atoms with Gasteiger partial charge in [0.05, 0.1) is 11.5 Å². The van der Waals surface area contributed by atoms with Crippen LogP contribution in [0.3, 0.4) is 0 Å². The second-order valence-electron chi connectivity index (χ2n) is 3.17. The maximum Gasteiger partial charge on any atom is 0.314 e. The Morgan fingerprint density at radius 1 is 1.44 bits per heavy atom. The number of hydrogen-bond donors (Lipinski definition) is 0. The zero-order valence-corrected chi connectivity index (χ0v) is 8.70. The summed E-state index contributed by atoms with van der Waals surface area (Å²) in [5.41, 5.74) is -0.560. The Morgan fingerprint density at radius 3 is 2.69 bits per heavy atom. The van der Waals surface area contributed by atoms with Gasteiger partial charge in [0.25, 0.3) is 0 Å². The number of unbranched alkanes of at least 4 members (excludes halogenated alkanes) is 1. The van der Waals surface area contributed by atoms with Crippen LogP contribution < -0.4 is 4.74 Å². The summed E-state index contributed by atoms with van der Waals surface area (Å²) in [5.74, 6) is -3.10. The lowest BCUT2D eigenvalue weighted by Gasteiger charge is -2.07. The fourth-order valence-corrected chi connectivity index (χ4v) is 1.12. The molecule has 0 radical (unpaired) electrons. The molecule has 88 valence electrons. The molecule has 0 N–H and O–H groups in total. The molecular weight excluding hydrogens is 220 g/mol. The van der Waals surface area contributed by atoms with E-state index in [1.54, 1.807) is 0 Å². The van der Waals surface area contributed by atoms with Gasteiger partial charge in [-0.05, 0) is 12.5 Å². The Bertz CT molecular complexity index is 396. The highest BCUT2D eigenvalue weighted by Crippen LogP contribution is 2.31. The molecule has 4 nitrogen and oxygen atoms in total. The third-order valence-electron chi connectivity index (χ3n) is 1.97. The van der Waals surface area contributed by atoms with E-state index in [0.717, 1.165) is 12.5 Å². The van der Waals surface area contributed by atoms with E-state index in [-0.39, 0.29) is 6.61 Å². The highest BCUT2D eigenvalue weighted by atomic mass is 19.2. The van der Waals surface area contributed by atoms with Gasteiger partial charge in [0, 0.05) is 6.07 Å². The Hall–Kier alpha value is -1.72. The Balaban J connectivity index is 3.01. The number of halogens is 2. The van der Waals surface area contributed by atoms with Crippen molar-refractivity contribution in [3.8, 4) is 5.75 Å². The fourth-order valence-electron chi connectivity index (χ4n) is 1.12. The van der Waals surface area contributed by atoms with Gasteiger partial charge in [0.1, 0.15) is 0 Å². The molecule has 16 heavy (non-hydrogen) atoms. The van der Waals surface area contributed by atoms with Crippen LogP contribution in [0.4, 0.5) is 14.5 Å². The van der Waals surface area contributed by atoms with E-state index in [1.807, 2.05) is 6.92 Å². The second-order valence-corrected chi connectivity index (χ2v) is 3.17. The predicted octanol–water partition coefficient (Wildman–Crippen LogP) is 3.05. The molecule has 0 bridgehead atoms. The third-order valence-corrected chi connectivity index (χ3v) is 1.97. The molecule has 0 aliphatic carbocycles. The Morgan fingerprint density at radius 2 is 2.12 bits per heavy atom. The van der Waals surface area contributed by atoms with Crippen molar-refractivity contribution in [1.82, 2.24) is 0 Å². The van der Waals surface area contributed by atoms with Crippen LogP contribution in [0, 0.1) is 21.7 Å². The second kappa shape index (κ2) is 5.39. The van der Waals surface area contributed by atoms with Crippen molar-refractivity contribution in [2.75, 3.05) is 6.61 Å². The number of hydrogen-bond acceptors (Lipinski definition) is 3. The fraction of sp³-hybridized carbons (Fsp3) is 0.400. The topological polar surface area (TPSA) is 52.4 Å². The van der Waals surface area contributed by atoms with Crippen molar-refractivity contribution in [3.05, 3.63) is 33.9 Å². The van der Waals surface area contributed by atoms with E-state index in [0.29, 0.717) is 12.5 Å². The number of ether oxygens (including phenoxy) is 1. The first-order valence-corrected chi connectivity index (χ1v) is 4.83. The van der Waals surface area contributed by atoms with Crippen LogP contribution in [0.15, 0.2) is 12.1 Å². The lowest BCUT2D eigenvalue weighted by Crippen LogP contribution is -2.03. The van der Waals surface area contributed by atoms with Crippen molar-refractivity contribution in [3.63, 3.8) is 0 Å². The van der Waals surface area contributed by atoms with E-state index >= 15 is 0 Å². The molecule has 6 heteroatoms. The van der Waals surface area contributed by atoms with Crippen molar-refractivity contribution >= 4 is 5.69 Å². The Kier molecular flexibility index (Phi) is 4.16. The van der Waals surface area contributed by atoms with Gasteiger partial charge in [-0.2, -0.15) is 4.39 Å². The molecule has 0 spiro atoms. The lowest BCUT2D eigenvalue weighted by atomic mass is 10.2. The molecule has 0 aromatic heterocycles. The average Bonchev–Trinajstić information content (AvgIpc) is 2.24. The number of nitro benzene ring substituents is 1. The number of benzene rings is 1. The van der Waals surface area contributed by atoms with Crippen LogP contribution in [0.5, 0.6) is 5.75 Å². The summed E-state index contributed by atoms with van der Waals surface area (Å²) < 4.78 is 31.0. The van der Waals surface area contributed by atoms with Gasteiger partial charge < -0.3 is 4.74 Å². The highest BCUT2D eigenvalue weighted by molar-refractivity contribution is 5.47. The molecule has 0 unspecified atom stereocenters. The monoisotopic (exact) mass is 231 g/mol. The minimum atomic E-state index is -1.31. The van der Waals surface area contributed by atoms with Gasteiger partial charge in [0.2, 0.25) is 11.6 Å². The van der Waals surface area contributed by atoms with Crippen LogP contribution in [-0.2, 0) is 0 Å². The van der Waals surface area contributed by atoms with Crippen molar-refractivity contribution in [1.29, 1.82) is 0 Å². The largest absolute Gasteiger partial charge is 0.485 e. The van der Waals surface area contributed by atoms with E-state index in [2.05, 4.69) is 0 Å². The molecule has 1 aromatic rings. The van der Waals surface area contributed by atoms with Gasteiger partial charge >= 0.3 is 5.69 Å².